The largest absolute Gasteiger partial charge is 0.306 e. The molecule has 26 heavy (non-hydrogen) atoms. The number of aromatic amines is 1. The minimum Gasteiger partial charge on any atom is -0.306 e. The molecule has 0 saturated carbocycles. The predicted molar refractivity (Wildman–Crippen MR) is 105 cm³/mol. The van der Waals surface area contributed by atoms with Gasteiger partial charge >= 0.3 is 0 Å². The maximum atomic E-state index is 12.6. The number of thiophene rings is 1. The van der Waals surface area contributed by atoms with Crippen LogP contribution < -0.4 is 5.56 Å². The summed E-state index contributed by atoms with van der Waals surface area (Å²) < 4.78 is 0. The van der Waals surface area contributed by atoms with Crippen LogP contribution >= 0.6 is 11.3 Å². The predicted octanol–water partition coefficient (Wildman–Crippen LogP) is 3.11. The van der Waals surface area contributed by atoms with Gasteiger partial charge in [-0.25, -0.2) is 4.98 Å². The molecule has 1 aliphatic rings. The summed E-state index contributed by atoms with van der Waals surface area (Å²) in [5.41, 5.74) is 4.05. The number of aryl methyl sites for hydroxylation is 2. The van der Waals surface area contributed by atoms with Crippen LogP contribution in [0, 0.1) is 13.8 Å². The molecule has 0 saturated heterocycles. The third-order valence-corrected chi connectivity index (χ3v) is 5.94. The van der Waals surface area contributed by atoms with Crippen molar-refractivity contribution in [1.29, 1.82) is 0 Å². The van der Waals surface area contributed by atoms with Gasteiger partial charge in [0.1, 0.15) is 5.82 Å². The Hall–Kier alpha value is -2.31. The van der Waals surface area contributed by atoms with Crippen molar-refractivity contribution in [1.82, 2.24) is 19.9 Å². The second-order valence-electron chi connectivity index (χ2n) is 6.79. The molecule has 0 amide bonds. The van der Waals surface area contributed by atoms with Gasteiger partial charge in [-0.1, -0.05) is 0 Å². The Morgan fingerprint density at radius 1 is 1.19 bits per heavy atom. The van der Waals surface area contributed by atoms with Crippen LogP contribution in [0.25, 0.3) is 11.4 Å². The van der Waals surface area contributed by atoms with Crippen molar-refractivity contribution in [3.63, 3.8) is 0 Å². The third-order valence-electron chi connectivity index (χ3n) is 4.94. The van der Waals surface area contributed by atoms with Gasteiger partial charge in [0.25, 0.3) is 5.56 Å². The number of hydrogen-bond acceptors (Lipinski definition) is 5. The minimum absolute atomic E-state index is 0.00813. The zero-order valence-electron chi connectivity index (χ0n) is 15.1. The van der Waals surface area contributed by atoms with Gasteiger partial charge in [0.2, 0.25) is 0 Å². The van der Waals surface area contributed by atoms with Gasteiger partial charge < -0.3 is 4.98 Å². The Morgan fingerprint density at radius 3 is 2.69 bits per heavy atom. The topological polar surface area (TPSA) is 61.9 Å². The molecule has 0 fully saturated rings. The molecule has 3 aromatic rings. The highest BCUT2D eigenvalue weighted by molar-refractivity contribution is 7.12. The minimum atomic E-state index is -0.00813. The summed E-state index contributed by atoms with van der Waals surface area (Å²) in [6, 6.07) is 6.02. The molecule has 0 unspecified atom stereocenters. The Labute approximate surface area is 156 Å². The molecule has 1 N–H and O–H groups in total. The number of nitrogens with zero attached hydrogens (tertiary/aromatic N) is 3. The highest BCUT2D eigenvalue weighted by Gasteiger charge is 2.20. The maximum Gasteiger partial charge on any atom is 0.254 e. The van der Waals surface area contributed by atoms with E-state index in [-0.39, 0.29) is 5.56 Å². The van der Waals surface area contributed by atoms with Crippen molar-refractivity contribution in [3.8, 4) is 11.4 Å². The molecule has 6 heteroatoms. The molecule has 5 nitrogen and oxygen atoms in total. The number of H-pyrrole nitrogens is 1. The third kappa shape index (κ3) is 3.48. The first-order valence-corrected chi connectivity index (χ1v) is 9.72. The maximum absolute atomic E-state index is 12.6. The van der Waals surface area contributed by atoms with E-state index in [0.717, 1.165) is 49.3 Å². The first-order valence-electron chi connectivity index (χ1n) is 8.91. The van der Waals surface area contributed by atoms with Gasteiger partial charge in [-0.15, -0.1) is 11.3 Å². The van der Waals surface area contributed by atoms with E-state index in [2.05, 4.69) is 34.8 Å². The van der Waals surface area contributed by atoms with Crippen LogP contribution in [-0.4, -0.2) is 32.9 Å². The van der Waals surface area contributed by atoms with Crippen molar-refractivity contribution in [2.24, 2.45) is 0 Å². The first kappa shape index (κ1) is 17.1. The fourth-order valence-corrected chi connectivity index (χ4v) is 4.48. The molecule has 0 aromatic carbocycles. The van der Waals surface area contributed by atoms with E-state index in [1.807, 2.05) is 23.5 Å². The first-order chi connectivity index (χ1) is 12.6. The highest BCUT2D eigenvalue weighted by Crippen LogP contribution is 2.23. The molecule has 0 bridgehead atoms. The fraction of sp³-hybridized carbons (Fsp3) is 0.350. The van der Waals surface area contributed by atoms with E-state index < -0.39 is 0 Å². The number of nitrogens with one attached hydrogen (secondary N) is 1. The van der Waals surface area contributed by atoms with Crippen LogP contribution in [0.5, 0.6) is 0 Å². The lowest BCUT2D eigenvalue weighted by atomic mass is 10.1. The van der Waals surface area contributed by atoms with Crippen LogP contribution in [-0.2, 0) is 19.4 Å². The molecule has 134 valence electrons. The Balaban J connectivity index is 1.57. The quantitative estimate of drug-likeness (QED) is 0.774. The van der Waals surface area contributed by atoms with Crippen LogP contribution in [0.1, 0.15) is 26.6 Å². The van der Waals surface area contributed by atoms with E-state index in [4.69, 9.17) is 4.98 Å². The van der Waals surface area contributed by atoms with Gasteiger partial charge in [-0.2, -0.15) is 0 Å². The second kappa shape index (κ2) is 7.13. The van der Waals surface area contributed by atoms with Crippen LogP contribution in [0.4, 0.5) is 0 Å². The zero-order valence-corrected chi connectivity index (χ0v) is 15.9. The van der Waals surface area contributed by atoms with Crippen molar-refractivity contribution in [3.05, 3.63) is 67.5 Å². The van der Waals surface area contributed by atoms with Crippen LogP contribution in [0.15, 0.2) is 35.4 Å². The second-order valence-corrected chi connectivity index (χ2v) is 8.25. The summed E-state index contributed by atoms with van der Waals surface area (Å²) in [4.78, 5) is 29.5. The molecule has 3 aromatic heterocycles. The average Bonchev–Trinajstić information content (AvgIpc) is 2.82. The molecule has 0 spiro atoms. The van der Waals surface area contributed by atoms with Crippen molar-refractivity contribution in [2.75, 3.05) is 13.1 Å². The van der Waals surface area contributed by atoms with E-state index in [1.165, 1.54) is 15.3 Å². The lowest BCUT2D eigenvalue weighted by molar-refractivity contribution is 0.278. The van der Waals surface area contributed by atoms with Crippen molar-refractivity contribution < 1.29 is 0 Å². The summed E-state index contributed by atoms with van der Waals surface area (Å²) in [6.07, 6.45) is 4.98. The smallest absolute Gasteiger partial charge is 0.254 e. The van der Waals surface area contributed by atoms with Crippen molar-refractivity contribution in [2.45, 2.75) is 33.2 Å². The molecule has 4 heterocycles. The molecule has 0 radical (unpaired) electrons. The molecule has 0 aliphatic carbocycles. The van der Waals surface area contributed by atoms with Gasteiger partial charge in [-0.3, -0.25) is 14.7 Å². The van der Waals surface area contributed by atoms with Gasteiger partial charge in [0.05, 0.1) is 5.69 Å². The van der Waals surface area contributed by atoms with Gasteiger partial charge in [0.15, 0.2) is 0 Å². The van der Waals surface area contributed by atoms with Crippen molar-refractivity contribution >= 4 is 11.3 Å². The number of hydrogen-bond donors (Lipinski definition) is 1. The summed E-state index contributed by atoms with van der Waals surface area (Å²) in [7, 11) is 0. The molecular weight excluding hydrogens is 344 g/mol. The molecule has 0 atom stereocenters. The van der Waals surface area contributed by atoms with Crippen LogP contribution in [0.2, 0.25) is 0 Å². The summed E-state index contributed by atoms with van der Waals surface area (Å²) >= 11 is 1.85. The number of fused-ring (bicyclic) bond motifs is 1. The highest BCUT2D eigenvalue weighted by atomic mass is 32.1. The van der Waals surface area contributed by atoms with Gasteiger partial charge in [-0.05, 0) is 44.0 Å². The molecule has 4 rings (SSSR count). The Bertz CT molecular complexity index is 977. The number of rotatable bonds is 3. The lowest BCUT2D eigenvalue weighted by Crippen LogP contribution is -2.26. The SMILES string of the molecule is Cc1cc(CN2CCc3nc(-c4ccncc4)[nH]c(=O)c3CC2)c(C)s1. The number of pyridine rings is 1. The summed E-state index contributed by atoms with van der Waals surface area (Å²) in [5.74, 6) is 0.633. The fourth-order valence-electron chi connectivity index (χ4n) is 3.54. The Kier molecular flexibility index (Phi) is 4.70. The standard InChI is InChI=1S/C20H22N4OS/c1-13-11-16(14(2)26-13)12-24-9-5-17-18(6-10-24)22-19(23-20(17)25)15-3-7-21-8-4-15/h3-4,7-8,11H,5-6,9-10,12H2,1-2H3,(H,22,23,25). The molecule has 1 aliphatic heterocycles. The zero-order chi connectivity index (χ0) is 18.1. The normalized spacial score (nSPS) is 14.8. The summed E-state index contributed by atoms with van der Waals surface area (Å²) in [5, 5.41) is 0. The van der Waals surface area contributed by atoms with E-state index in [0.29, 0.717) is 5.82 Å². The van der Waals surface area contributed by atoms with E-state index in [1.54, 1.807) is 12.4 Å². The summed E-state index contributed by atoms with van der Waals surface area (Å²) in [6.45, 7) is 7.10. The monoisotopic (exact) mass is 366 g/mol. The average molecular weight is 366 g/mol. The van der Waals surface area contributed by atoms with E-state index in [9.17, 15) is 4.79 Å². The van der Waals surface area contributed by atoms with Gasteiger partial charge in [0, 0.05) is 59.3 Å². The Morgan fingerprint density at radius 2 is 1.96 bits per heavy atom. The van der Waals surface area contributed by atoms with E-state index >= 15 is 0 Å². The van der Waals surface area contributed by atoms with Crippen LogP contribution in [0.3, 0.4) is 0 Å². The number of aromatic nitrogens is 3. The molecular formula is C20H22N4OS. The lowest BCUT2D eigenvalue weighted by Gasteiger charge is -2.19.